The van der Waals surface area contributed by atoms with Gasteiger partial charge in [0.15, 0.2) is 0 Å². The molecule has 1 amide bonds. The molecule has 0 heterocycles. The fourth-order valence-electron chi connectivity index (χ4n) is 2.00. The standard InChI is InChI=1S/C12H21NO3/c1-7(2)8(3)13(4)11(14)9-5-6-10(9)12(15)16/h7-10H,5-6H2,1-4H3,(H,15,16). The molecule has 0 aliphatic heterocycles. The minimum Gasteiger partial charge on any atom is -0.481 e. The molecule has 3 atom stereocenters. The van der Waals surface area contributed by atoms with E-state index in [1.807, 2.05) is 6.92 Å². The molecule has 0 aromatic carbocycles. The Hall–Kier alpha value is -1.06. The summed E-state index contributed by atoms with van der Waals surface area (Å²) in [4.78, 5) is 24.6. The van der Waals surface area contributed by atoms with Gasteiger partial charge in [0.2, 0.25) is 5.91 Å². The third-order valence-corrected chi connectivity index (χ3v) is 3.83. The summed E-state index contributed by atoms with van der Waals surface area (Å²) in [5.74, 6) is -1.23. The fraction of sp³-hybridized carbons (Fsp3) is 0.833. The Balaban J connectivity index is 2.61. The maximum Gasteiger partial charge on any atom is 0.307 e. The van der Waals surface area contributed by atoms with Gasteiger partial charge in [0, 0.05) is 13.1 Å². The van der Waals surface area contributed by atoms with E-state index < -0.39 is 11.9 Å². The first-order chi connectivity index (χ1) is 7.36. The smallest absolute Gasteiger partial charge is 0.307 e. The van der Waals surface area contributed by atoms with Crippen LogP contribution in [0.15, 0.2) is 0 Å². The maximum absolute atomic E-state index is 12.0. The first-order valence-corrected chi connectivity index (χ1v) is 5.85. The van der Waals surface area contributed by atoms with Crippen molar-refractivity contribution in [1.29, 1.82) is 0 Å². The number of carbonyl (C=O) groups excluding carboxylic acids is 1. The Labute approximate surface area is 96.6 Å². The summed E-state index contributed by atoms with van der Waals surface area (Å²) >= 11 is 0. The lowest BCUT2D eigenvalue weighted by Crippen LogP contribution is -2.48. The van der Waals surface area contributed by atoms with Crippen LogP contribution in [0.1, 0.15) is 33.6 Å². The highest BCUT2D eigenvalue weighted by Gasteiger charge is 2.43. The summed E-state index contributed by atoms with van der Waals surface area (Å²) in [6.07, 6.45) is 1.35. The molecule has 0 saturated heterocycles. The zero-order valence-electron chi connectivity index (χ0n) is 10.4. The molecule has 0 aromatic heterocycles. The Morgan fingerprint density at radius 2 is 1.69 bits per heavy atom. The van der Waals surface area contributed by atoms with Crippen molar-refractivity contribution in [2.24, 2.45) is 17.8 Å². The van der Waals surface area contributed by atoms with E-state index in [0.29, 0.717) is 18.8 Å². The van der Waals surface area contributed by atoms with Crippen LogP contribution in [0.25, 0.3) is 0 Å². The Kier molecular flexibility index (Phi) is 3.94. The summed E-state index contributed by atoms with van der Waals surface area (Å²) in [5.41, 5.74) is 0. The van der Waals surface area contributed by atoms with Crippen molar-refractivity contribution >= 4 is 11.9 Å². The van der Waals surface area contributed by atoms with E-state index in [9.17, 15) is 9.59 Å². The minimum absolute atomic E-state index is 0.0140. The molecule has 4 nitrogen and oxygen atoms in total. The van der Waals surface area contributed by atoms with Gasteiger partial charge in [-0.3, -0.25) is 9.59 Å². The molecule has 0 spiro atoms. The summed E-state index contributed by atoms with van der Waals surface area (Å²) < 4.78 is 0. The summed E-state index contributed by atoms with van der Waals surface area (Å²) in [6, 6.07) is 0.155. The van der Waals surface area contributed by atoms with Gasteiger partial charge >= 0.3 is 5.97 Å². The maximum atomic E-state index is 12.0. The van der Waals surface area contributed by atoms with Crippen LogP contribution < -0.4 is 0 Å². The largest absolute Gasteiger partial charge is 0.481 e. The first-order valence-electron chi connectivity index (χ1n) is 5.85. The molecular weight excluding hydrogens is 206 g/mol. The predicted octanol–water partition coefficient (Wildman–Crippen LogP) is 1.60. The van der Waals surface area contributed by atoms with Gasteiger partial charge < -0.3 is 10.0 Å². The SMILES string of the molecule is CC(C)C(C)N(C)C(=O)C1CCC1C(=O)O. The fourth-order valence-corrected chi connectivity index (χ4v) is 2.00. The zero-order valence-corrected chi connectivity index (χ0v) is 10.4. The number of carboxylic acid groups (broad SMARTS) is 1. The van der Waals surface area contributed by atoms with Crippen molar-refractivity contribution < 1.29 is 14.7 Å². The van der Waals surface area contributed by atoms with Gasteiger partial charge in [0.1, 0.15) is 0 Å². The Morgan fingerprint density at radius 1 is 1.19 bits per heavy atom. The van der Waals surface area contributed by atoms with Crippen LogP contribution in [0.3, 0.4) is 0 Å². The van der Waals surface area contributed by atoms with Crippen LogP contribution in [-0.4, -0.2) is 35.0 Å². The van der Waals surface area contributed by atoms with Crippen molar-refractivity contribution in [3.63, 3.8) is 0 Å². The normalized spacial score (nSPS) is 26.1. The van der Waals surface area contributed by atoms with Crippen LogP contribution in [0.2, 0.25) is 0 Å². The first kappa shape index (κ1) is 13.0. The third kappa shape index (κ3) is 2.36. The highest BCUT2D eigenvalue weighted by Crippen LogP contribution is 2.36. The second kappa shape index (κ2) is 4.85. The van der Waals surface area contributed by atoms with Gasteiger partial charge in [0.25, 0.3) is 0 Å². The van der Waals surface area contributed by atoms with Crippen molar-refractivity contribution in [1.82, 2.24) is 4.90 Å². The lowest BCUT2D eigenvalue weighted by atomic mass is 9.72. The number of carboxylic acids is 1. The van der Waals surface area contributed by atoms with E-state index in [2.05, 4.69) is 13.8 Å². The van der Waals surface area contributed by atoms with Crippen molar-refractivity contribution in [2.45, 2.75) is 39.7 Å². The number of hydrogen-bond donors (Lipinski definition) is 1. The highest BCUT2D eigenvalue weighted by molar-refractivity contribution is 5.86. The topological polar surface area (TPSA) is 57.6 Å². The lowest BCUT2D eigenvalue weighted by Gasteiger charge is -2.38. The summed E-state index contributed by atoms with van der Waals surface area (Å²) in [7, 11) is 1.77. The van der Waals surface area contributed by atoms with Gasteiger partial charge in [-0.2, -0.15) is 0 Å². The Morgan fingerprint density at radius 3 is 2.00 bits per heavy atom. The van der Waals surface area contributed by atoms with Crippen LogP contribution in [0.5, 0.6) is 0 Å². The second-order valence-corrected chi connectivity index (χ2v) is 5.06. The van der Waals surface area contributed by atoms with Gasteiger partial charge in [-0.05, 0) is 25.7 Å². The number of rotatable bonds is 4. The summed E-state index contributed by atoms with van der Waals surface area (Å²) in [5, 5.41) is 8.91. The van der Waals surface area contributed by atoms with Crippen LogP contribution in [0.4, 0.5) is 0 Å². The van der Waals surface area contributed by atoms with E-state index in [1.165, 1.54) is 0 Å². The molecule has 1 rings (SSSR count). The molecule has 92 valence electrons. The molecule has 16 heavy (non-hydrogen) atoms. The average Bonchev–Trinajstić information content (AvgIpc) is 2.12. The number of carbonyl (C=O) groups is 2. The predicted molar refractivity (Wildman–Crippen MR) is 60.9 cm³/mol. The molecule has 1 aliphatic rings. The van der Waals surface area contributed by atoms with E-state index in [0.717, 1.165) is 0 Å². The molecule has 4 heteroatoms. The van der Waals surface area contributed by atoms with Crippen molar-refractivity contribution in [3.05, 3.63) is 0 Å². The zero-order chi connectivity index (χ0) is 12.5. The quantitative estimate of drug-likeness (QED) is 0.793. The molecule has 1 N–H and O–H groups in total. The van der Waals surface area contributed by atoms with Gasteiger partial charge in [-0.25, -0.2) is 0 Å². The van der Waals surface area contributed by atoms with Crippen LogP contribution in [0, 0.1) is 17.8 Å². The Bertz CT molecular complexity index is 288. The third-order valence-electron chi connectivity index (χ3n) is 3.83. The number of nitrogens with zero attached hydrogens (tertiary/aromatic N) is 1. The van der Waals surface area contributed by atoms with Gasteiger partial charge in [-0.15, -0.1) is 0 Å². The van der Waals surface area contributed by atoms with Crippen molar-refractivity contribution in [3.8, 4) is 0 Å². The molecule has 1 fully saturated rings. The average molecular weight is 227 g/mol. The second-order valence-electron chi connectivity index (χ2n) is 5.06. The molecule has 0 bridgehead atoms. The number of aliphatic carboxylic acids is 1. The van der Waals surface area contributed by atoms with E-state index in [4.69, 9.17) is 5.11 Å². The lowest BCUT2D eigenvalue weighted by molar-refractivity contribution is -0.157. The van der Waals surface area contributed by atoms with E-state index in [-0.39, 0.29) is 17.9 Å². The number of hydrogen-bond acceptors (Lipinski definition) is 2. The van der Waals surface area contributed by atoms with Crippen molar-refractivity contribution in [2.75, 3.05) is 7.05 Å². The molecule has 0 radical (unpaired) electrons. The summed E-state index contributed by atoms with van der Waals surface area (Å²) in [6.45, 7) is 6.12. The number of amides is 1. The molecule has 1 aliphatic carbocycles. The van der Waals surface area contributed by atoms with Gasteiger partial charge in [0.05, 0.1) is 11.8 Å². The van der Waals surface area contributed by atoms with Crippen LogP contribution in [-0.2, 0) is 9.59 Å². The molecule has 3 unspecified atom stereocenters. The molecular formula is C12H21NO3. The highest BCUT2D eigenvalue weighted by atomic mass is 16.4. The van der Waals surface area contributed by atoms with Crippen LogP contribution >= 0.6 is 0 Å². The molecule has 1 saturated carbocycles. The van der Waals surface area contributed by atoms with E-state index >= 15 is 0 Å². The minimum atomic E-state index is -0.838. The molecule has 0 aromatic rings. The van der Waals surface area contributed by atoms with E-state index in [1.54, 1.807) is 11.9 Å². The van der Waals surface area contributed by atoms with Gasteiger partial charge in [-0.1, -0.05) is 13.8 Å². The monoisotopic (exact) mass is 227 g/mol.